The van der Waals surface area contributed by atoms with Crippen molar-refractivity contribution in [3.8, 4) is 0 Å². The van der Waals surface area contributed by atoms with E-state index in [1.165, 1.54) is 17.7 Å². The summed E-state index contributed by atoms with van der Waals surface area (Å²) in [6.45, 7) is 3.54. The lowest BCUT2D eigenvalue weighted by atomic mass is 9.96. The summed E-state index contributed by atoms with van der Waals surface area (Å²) in [5, 5.41) is 9.64. The van der Waals surface area contributed by atoms with Gasteiger partial charge < -0.3 is 10.6 Å². The predicted molar refractivity (Wildman–Crippen MR) is 101 cm³/mol. The van der Waals surface area contributed by atoms with Crippen LogP contribution >= 0.6 is 11.3 Å². The van der Waals surface area contributed by atoms with Gasteiger partial charge in [0.1, 0.15) is 0 Å². The molecule has 0 saturated carbocycles. The fourth-order valence-corrected chi connectivity index (χ4v) is 3.80. The number of anilines is 1. The molecule has 0 aliphatic carbocycles. The number of nitrogens with zero attached hydrogens (tertiary/aromatic N) is 1. The molecule has 0 bridgehead atoms. The number of carbonyl (C=O) groups excluding carboxylic acids is 1. The second kappa shape index (κ2) is 8.75. The van der Waals surface area contributed by atoms with Crippen LogP contribution in [0.15, 0.2) is 41.1 Å². The molecule has 0 unspecified atom stereocenters. The highest BCUT2D eigenvalue weighted by molar-refractivity contribution is 7.07. The van der Waals surface area contributed by atoms with Crippen LogP contribution in [0.25, 0.3) is 0 Å². The van der Waals surface area contributed by atoms with Gasteiger partial charge in [-0.25, -0.2) is 4.79 Å². The van der Waals surface area contributed by atoms with Crippen LogP contribution in [0, 0.1) is 5.92 Å². The highest BCUT2D eigenvalue weighted by Crippen LogP contribution is 2.29. The zero-order chi connectivity index (χ0) is 19.3. The zero-order valence-corrected chi connectivity index (χ0v) is 15.6. The molecular formula is C19H22F3N3OS. The summed E-state index contributed by atoms with van der Waals surface area (Å²) in [6, 6.07) is 6.17. The lowest BCUT2D eigenvalue weighted by molar-refractivity contribution is -0.137. The van der Waals surface area contributed by atoms with Gasteiger partial charge in [-0.3, -0.25) is 4.90 Å². The summed E-state index contributed by atoms with van der Waals surface area (Å²) in [7, 11) is 0. The molecule has 1 aliphatic heterocycles. The minimum Gasteiger partial charge on any atom is -0.338 e. The SMILES string of the molecule is O=C(NCC1CCN(Cc2ccsc2)CC1)Nc1ccc(C(F)(F)F)cc1. The summed E-state index contributed by atoms with van der Waals surface area (Å²) in [6.07, 6.45) is -2.34. The highest BCUT2D eigenvalue weighted by Gasteiger charge is 2.30. The molecule has 0 spiro atoms. The average Bonchev–Trinajstić information content (AvgIpc) is 3.14. The van der Waals surface area contributed by atoms with Crippen LogP contribution in [0.1, 0.15) is 24.0 Å². The van der Waals surface area contributed by atoms with E-state index in [0.717, 1.165) is 44.6 Å². The van der Waals surface area contributed by atoms with Gasteiger partial charge in [-0.2, -0.15) is 24.5 Å². The van der Waals surface area contributed by atoms with E-state index in [1.54, 1.807) is 11.3 Å². The zero-order valence-electron chi connectivity index (χ0n) is 14.8. The summed E-state index contributed by atoms with van der Waals surface area (Å²) in [5.74, 6) is 0.419. The molecule has 27 heavy (non-hydrogen) atoms. The van der Waals surface area contributed by atoms with Crippen LogP contribution in [0.4, 0.5) is 23.7 Å². The Morgan fingerprint density at radius 3 is 2.44 bits per heavy atom. The first kappa shape index (κ1) is 19.7. The number of alkyl halides is 3. The third kappa shape index (κ3) is 5.97. The lowest BCUT2D eigenvalue weighted by Crippen LogP contribution is -2.39. The monoisotopic (exact) mass is 397 g/mol. The van der Waals surface area contributed by atoms with E-state index in [4.69, 9.17) is 0 Å². The van der Waals surface area contributed by atoms with Gasteiger partial charge in [-0.05, 0) is 78.5 Å². The largest absolute Gasteiger partial charge is 0.416 e. The number of halogens is 3. The summed E-state index contributed by atoms with van der Waals surface area (Å²) < 4.78 is 37.6. The first-order valence-corrected chi connectivity index (χ1v) is 9.80. The quantitative estimate of drug-likeness (QED) is 0.761. The van der Waals surface area contributed by atoms with E-state index in [-0.39, 0.29) is 0 Å². The lowest BCUT2D eigenvalue weighted by Gasteiger charge is -2.31. The van der Waals surface area contributed by atoms with Crippen LogP contribution in [0.2, 0.25) is 0 Å². The number of carbonyl (C=O) groups is 1. The minimum atomic E-state index is -4.38. The van der Waals surface area contributed by atoms with Crippen LogP contribution in [0.3, 0.4) is 0 Å². The maximum Gasteiger partial charge on any atom is 0.416 e. The number of thiophene rings is 1. The highest BCUT2D eigenvalue weighted by atomic mass is 32.1. The maximum atomic E-state index is 12.5. The Labute approximate surface area is 160 Å². The number of piperidine rings is 1. The topological polar surface area (TPSA) is 44.4 Å². The Kier molecular flexibility index (Phi) is 6.38. The minimum absolute atomic E-state index is 0.339. The number of benzene rings is 1. The van der Waals surface area contributed by atoms with Crippen molar-refractivity contribution < 1.29 is 18.0 Å². The van der Waals surface area contributed by atoms with Gasteiger partial charge in [0.05, 0.1) is 5.56 Å². The third-order valence-corrected chi connectivity index (χ3v) is 5.45. The van der Waals surface area contributed by atoms with Crippen molar-refractivity contribution in [2.24, 2.45) is 5.92 Å². The average molecular weight is 397 g/mol. The Hall–Kier alpha value is -2.06. The number of hydrogen-bond donors (Lipinski definition) is 2. The summed E-state index contributed by atoms with van der Waals surface area (Å²) >= 11 is 1.71. The van der Waals surface area contributed by atoms with E-state index in [0.29, 0.717) is 18.2 Å². The van der Waals surface area contributed by atoms with Crippen LogP contribution in [-0.4, -0.2) is 30.6 Å². The van der Waals surface area contributed by atoms with E-state index in [1.807, 2.05) is 0 Å². The van der Waals surface area contributed by atoms with E-state index < -0.39 is 17.8 Å². The van der Waals surface area contributed by atoms with Crippen molar-refractivity contribution in [3.05, 3.63) is 52.2 Å². The number of amides is 2. The molecule has 2 heterocycles. The van der Waals surface area contributed by atoms with Gasteiger partial charge in [0.15, 0.2) is 0 Å². The van der Waals surface area contributed by atoms with Crippen molar-refractivity contribution in [3.63, 3.8) is 0 Å². The molecule has 2 aromatic rings. The molecule has 1 aromatic carbocycles. The smallest absolute Gasteiger partial charge is 0.338 e. The third-order valence-electron chi connectivity index (χ3n) is 4.71. The molecular weight excluding hydrogens is 375 g/mol. The number of nitrogens with one attached hydrogen (secondary N) is 2. The van der Waals surface area contributed by atoms with Crippen molar-refractivity contribution in [2.45, 2.75) is 25.6 Å². The number of rotatable bonds is 5. The van der Waals surface area contributed by atoms with Gasteiger partial charge in [-0.15, -0.1) is 0 Å². The van der Waals surface area contributed by atoms with Gasteiger partial charge in [0.2, 0.25) is 0 Å². The molecule has 4 nitrogen and oxygen atoms in total. The fourth-order valence-electron chi connectivity index (χ4n) is 3.14. The number of urea groups is 1. The predicted octanol–water partition coefficient (Wildman–Crippen LogP) is 4.80. The van der Waals surface area contributed by atoms with Crippen LogP contribution in [0.5, 0.6) is 0 Å². The molecule has 1 saturated heterocycles. The second-order valence-electron chi connectivity index (χ2n) is 6.76. The molecule has 1 fully saturated rings. The molecule has 0 atom stereocenters. The van der Waals surface area contributed by atoms with Crippen molar-refractivity contribution in [1.29, 1.82) is 0 Å². The Balaban J connectivity index is 1.37. The van der Waals surface area contributed by atoms with Gasteiger partial charge in [0, 0.05) is 18.8 Å². The van der Waals surface area contributed by atoms with E-state index in [2.05, 4.69) is 32.4 Å². The van der Waals surface area contributed by atoms with Crippen molar-refractivity contribution in [1.82, 2.24) is 10.2 Å². The molecule has 0 radical (unpaired) electrons. The second-order valence-corrected chi connectivity index (χ2v) is 7.54. The summed E-state index contributed by atoms with van der Waals surface area (Å²) in [4.78, 5) is 14.4. The molecule has 8 heteroatoms. The fraction of sp³-hybridized carbons (Fsp3) is 0.421. The Morgan fingerprint density at radius 2 is 1.85 bits per heavy atom. The summed E-state index contributed by atoms with van der Waals surface area (Å²) in [5.41, 5.74) is 0.946. The first-order chi connectivity index (χ1) is 12.9. The molecule has 3 rings (SSSR count). The van der Waals surface area contributed by atoms with E-state index >= 15 is 0 Å². The Bertz CT molecular complexity index is 724. The van der Waals surface area contributed by atoms with Gasteiger partial charge in [0.25, 0.3) is 0 Å². The van der Waals surface area contributed by atoms with Crippen LogP contribution < -0.4 is 10.6 Å². The molecule has 1 aliphatic rings. The number of hydrogen-bond acceptors (Lipinski definition) is 3. The van der Waals surface area contributed by atoms with Crippen molar-refractivity contribution >= 4 is 23.1 Å². The molecule has 2 N–H and O–H groups in total. The maximum absolute atomic E-state index is 12.5. The standard InChI is InChI=1S/C19H22F3N3OS/c20-19(21,22)16-1-3-17(4-2-16)24-18(26)23-11-14-5-8-25(9-6-14)12-15-7-10-27-13-15/h1-4,7,10,13-14H,5-6,8-9,11-12H2,(H2,23,24,26). The van der Waals surface area contributed by atoms with Gasteiger partial charge in [-0.1, -0.05) is 0 Å². The Morgan fingerprint density at radius 1 is 1.15 bits per heavy atom. The van der Waals surface area contributed by atoms with Crippen molar-refractivity contribution in [2.75, 3.05) is 25.0 Å². The normalized spacial score (nSPS) is 16.3. The van der Waals surface area contributed by atoms with E-state index in [9.17, 15) is 18.0 Å². The number of likely N-dealkylation sites (tertiary alicyclic amines) is 1. The van der Waals surface area contributed by atoms with Crippen LogP contribution in [-0.2, 0) is 12.7 Å². The molecule has 1 aromatic heterocycles. The van der Waals surface area contributed by atoms with Gasteiger partial charge >= 0.3 is 12.2 Å². The first-order valence-electron chi connectivity index (χ1n) is 8.86. The molecule has 146 valence electrons. The molecule has 2 amide bonds.